The van der Waals surface area contributed by atoms with Gasteiger partial charge in [0.05, 0.1) is 13.2 Å². The Morgan fingerprint density at radius 1 is 1.37 bits per heavy atom. The molecule has 0 aromatic carbocycles. The van der Waals surface area contributed by atoms with E-state index in [-0.39, 0.29) is 6.04 Å². The molecule has 0 aliphatic heterocycles. The molecule has 0 saturated heterocycles. The minimum absolute atomic E-state index is 0.168. The van der Waals surface area contributed by atoms with E-state index in [1.165, 1.54) is 0 Å². The van der Waals surface area contributed by atoms with Gasteiger partial charge in [0.25, 0.3) is 0 Å². The van der Waals surface area contributed by atoms with E-state index < -0.39 is 0 Å². The van der Waals surface area contributed by atoms with Crippen LogP contribution in [0.2, 0.25) is 0 Å². The molecule has 19 heavy (non-hydrogen) atoms. The van der Waals surface area contributed by atoms with Crippen LogP contribution in [0.3, 0.4) is 0 Å². The molecule has 0 fully saturated rings. The third-order valence-electron chi connectivity index (χ3n) is 3.35. The Morgan fingerprint density at radius 3 is 2.68 bits per heavy atom. The molecular weight excluding hydrogens is 240 g/mol. The van der Waals surface area contributed by atoms with Gasteiger partial charge in [-0.1, -0.05) is 0 Å². The van der Waals surface area contributed by atoms with Crippen LogP contribution in [0.15, 0.2) is 18.6 Å². The summed E-state index contributed by atoms with van der Waals surface area (Å²) in [4.78, 5) is 8.75. The summed E-state index contributed by atoms with van der Waals surface area (Å²) in [5, 5.41) is 0. The minimum Gasteiger partial charge on any atom is -0.496 e. The fraction of sp³-hybridized carbons (Fsp3) is 0.429. The Labute approximate surface area is 113 Å². The predicted molar refractivity (Wildman–Crippen MR) is 74.1 cm³/mol. The van der Waals surface area contributed by atoms with Crippen molar-refractivity contribution >= 4 is 0 Å². The maximum atomic E-state index is 6.21. The van der Waals surface area contributed by atoms with Crippen molar-refractivity contribution in [2.24, 2.45) is 12.8 Å². The summed E-state index contributed by atoms with van der Waals surface area (Å²) in [6.07, 6.45) is 6.12. The van der Waals surface area contributed by atoms with Gasteiger partial charge < -0.3 is 15.0 Å². The Hall–Kier alpha value is -1.88. The van der Waals surface area contributed by atoms with Crippen LogP contribution in [0.4, 0.5) is 0 Å². The van der Waals surface area contributed by atoms with Gasteiger partial charge in [-0.3, -0.25) is 4.98 Å². The second kappa shape index (κ2) is 5.40. The van der Waals surface area contributed by atoms with Crippen LogP contribution in [0, 0.1) is 13.8 Å². The van der Waals surface area contributed by atoms with Gasteiger partial charge in [0, 0.05) is 48.9 Å². The largest absolute Gasteiger partial charge is 0.496 e. The van der Waals surface area contributed by atoms with Crippen molar-refractivity contribution in [1.82, 2.24) is 14.5 Å². The van der Waals surface area contributed by atoms with E-state index in [0.717, 1.165) is 28.4 Å². The van der Waals surface area contributed by atoms with Crippen molar-refractivity contribution in [3.63, 3.8) is 0 Å². The van der Waals surface area contributed by atoms with Gasteiger partial charge in [-0.15, -0.1) is 0 Å². The molecule has 0 aliphatic carbocycles. The summed E-state index contributed by atoms with van der Waals surface area (Å²) in [5.41, 5.74) is 9.25. The number of ether oxygens (including phenoxy) is 1. The van der Waals surface area contributed by atoms with Crippen molar-refractivity contribution in [1.29, 1.82) is 0 Å². The lowest BCUT2D eigenvalue weighted by atomic mass is 10.0. The first-order valence-corrected chi connectivity index (χ1v) is 6.26. The number of methoxy groups -OCH3 is 1. The highest BCUT2D eigenvalue weighted by molar-refractivity contribution is 5.41. The average molecular weight is 260 g/mol. The monoisotopic (exact) mass is 260 g/mol. The summed E-state index contributed by atoms with van der Waals surface area (Å²) >= 11 is 0. The van der Waals surface area contributed by atoms with E-state index in [0.29, 0.717) is 6.42 Å². The summed E-state index contributed by atoms with van der Waals surface area (Å²) in [7, 11) is 3.62. The van der Waals surface area contributed by atoms with Crippen molar-refractivity contribution < 1.29 is 4.74 Å². The number of hydrogen-bond donors (Lipinski definition) is 1. The van der Waals surface area contributed by atoms with Crippen LogP contribution in [-0.4, -0.2) is 21.6 Å². The number of nitrogens with two attached hydrogens (primary N) is 1. The first kappa shape index (κ1) is 13.5. The Kier molecular flexibility index (Phi) is 3.85. The first-order valence-electron chi connectivity index (χ1n) is 6.26. The lowest BCUT2D eigenvalue weighted by Gasteiger charge is -2.15. The molecule has 102 valence electrons. The number of pyridine rings is 1. The summed E-state index contributed by atoms with van der Waals surface area (Å²) in [6.45, 7) is 4.00. The van der Waals surface area contributed by atoms with Crippen LogP contribution in [-0.2, 0) is 13.5 Å². The third-order valence-corrected chi connectivity index (χ3v) is 3.35. The maximum Gasteiger partial charge on any atom is 0.128 e. The number of rotatable bonds is 4. The van der Waals surface area contributed by atoms with Crippen LogP contribution in [0.5, 0.6) is 5.75 Å². The molecule has 0 aliphatic rings. The van der Waals surface area contributed by atoms with Crippen LogP contribution < -0.4 is 10.5 Å². The van der Waals surface area contributed by atoms with Crippen molar-refractivity contribution in [3.05, 3.63) is 41.2 Å². The van der Waals surface area contributed by atoms with Crippen molar-refractivity contribution in [2.45, 2.75) is 26.3 Å². The summed E-state index contributed by atoms with van der Waals surface area (Å²) in [5.74, 6) is 1.75. The molecule has 0 radical (unpaired) electrons. The van der Waals surface area contributed by atoms with E-state index in [9.17, 15) is 0 Å². The fourth-order valence-corrected chi connectivity index (χ4v) is 2.31. The highest BCUT2D eigenvalue weighted by Gasteiger charge is 2.16. The number of hydrogen-bond acceptors (Lipinski definition) is 4. The van der Waals surface area contributed by atoms with Gasteiger partial charge in [-0.2, -0.15) is 0 Å². The lowest BCUT2D eigenvalue weighted by molar-refractivity contribution is 0.406. The van der Waals surface area contributed by atoms with E-state index >= 15 is 0 Å². The van der Waals surface area contributed by atoms with Crippen LogP contribution >= 0.6 is 0 Å². The van der Waals surface area contributed by atoms with E-state index in [4.69, 9.17) is 10.5 Å². The molecule has 0 spiro atoms. The number of imidazole rings is 1. The molecule has 1 atom stereocenters. The van der Waals surface area contributed by atoms with E-state index in [2.05, 4.69) is 9.97 Å². The molecule has 5 nitrogen and oxygen atoms in total. The number of aromatic nitrogens is 3. The highest BCUT2D eigenvalue weighted by Crippen LogP contribution is 2.26. The quantitative estimate of drug-likeness (QED) is 0.908. The van der Waals surface area contributed by atoms with Gasteiger partial charge in [-0.05, 0) is 13.8 Å². The van der Waals surface area contributed by atoms with E-state index in [1.54, 1.807) is 13.3 Å². The maximum absolute atomic E-state index is 6.21. The van der Waals surface area contributed by atoms with Gasteiger partial charge in [0.15, 0.2) is 0 Å². The topological polar surface area (TPSA) is 66.0 Å². The molecule has 2 aromatic rings. The minimum atomic E-state index is -0.168. The Balaban J connectivity index is 2.27. The molecular formula is C14H20N4O. The molecule has 0 bridgehead atoms. The SMILES string of the molecule is COc1c(C)cnc(CC(N)c2nccn2C)c1C. The van der Waals surface area contributed by atoms with Crippen LogP contribution in [0.25, 0.3) is 0 Å². The van der Waals surface area contributed by atoms with Crippen molar-refractivity contribution in [2.75, 3.05) is 7.11 Å². The van der Waals surface area contributed by atoms with Gasteiger partial charge in [0.1, 0.15) is 11.6 Å². The zero-order valence-corrected chi connectivity index (χ0v) is 11.8. The molecule has 2 rings (SSSR count). The third kappa shape index (κ3) is 2.61. The Morgan fingerprint density at radius 2 is 2.11 bits per heavy atom. The highest BCUT2D eigenvalue weighted by atomic mass is 16.5. The summed E-state index contributed by atoms with van der Waals surface area (Å²) < 4.78 is 7.35. The smallest absolute Gasteiger partial charge is 0.128 e. The second-order valence-electron chi connectivity index (χ2n) is 4.75. The fourth-order valence-electron chi connectivity index (χ4n) is 2.31. The standard InChI is InChI=1S/C14H20N4O/c1-9-8-17-12(10(2)13(9)19-4)7-11(15)14-16-5-6-18(14)3/h5-6,8,11H,7,15H2,1-4H3. The molecule has 2 heterocycles. The normalized spacial score (nSPS) is 12.5. The number of nitrogens with zero attached hydrogens (tertiary/aromatic N) is 3. The molecule has 1 unspecified atom stereocenters. The predicted octanol–water partition coefficient (Wildman–Crippen LogP) is 1.68. The van der Waals surface area contributed by atoms with Gasteiger partial charge in [0.2, 0.25) is 0 Å². The molecule has 0 saturated carbocycles. The summed E-state index contributed by atoms with van der Waals surface area (Å²) in [6, 6.07) is -0.168. The zero-order chi connectivity index (χ0) is 14.0. The number of aryl methyl sites for hydroxylation is 2. The molecule has 2 N–H and O–H groups in total. The first-order chi connectivity index (χ1) is 9.04. The molecule has 5 heteroatoms. The molecule has 2 aromatic heterocycles. The van der Waals surface area contributed by atoms with Crippen molar-refractivity contribution in [3.8, 4) is 5.75 Å². The Bertz CT molecular complexity index is 577. The zero-order valence-electron chi connectivity index (χ0n) is 11.8. The van der Waals surface area contributed by atoms with Gasteiger partial charge >= 0.3 is 0 Å². The van der Waals surface area contributed by atoms with E-state index in [1.807, 2.05) is 37.9 Å². The average Bonchev–Trinajstić information content (AvgIpc) is 2.80. The molecule has 0 amide bonds. The van der Waals surface area contributed by atoms with Crippen LogP contribution in [0.1, 0.15) is 28.7 Å². The van der Waals surface area contributed by atoms with Gasteiger partial charge in [-0.25, -0.2) is 4.98 Å². The second-order valence-corrected chi connectivity index (χ2v) is 4.75. The lowest BCUT2D eigenvalue weighted by Crippen LogP contribution is -2.19.